The highest BCUT2D eigenvalue weighted by atomic mass is 35.5. The average Bonchev–Trinajstić information content (AvgIpc) is 3.15. The van der Waals surface area contributed by atoms with E-state index < -0.39 is 23.3 Å². The van der Waals surface area contributed by atoms with Crippen LogP contribution in [0.2, 0.25) is 5.15 Å². The molecule has 3 aromatic rings. The van der Waals surface area contributed by atoms with E-state index in [0.29, 0.717) is 24.6 Å². The minimum atomic E-state index is -2.33. The van der Waals surface area contributed by atoms with Crippen LogP contribution in [0.4, 0.5) is 4.39 Å². The van der Waals surface area contributed by atoms with Crippen LogP contribution >= 0.6 is 11.6 Å². The first-order chi connectivity index (χ1) is 17.6. The van der Waals surface area contributed by atoms with Crippen molar-refractivity contribution in [1.29, 1.82) is 0 Å². The molecule has 2 aliphatic heterocycles. The molecule has 5 rings (SSSR count). The van der Waals surface area contributed by atoms with Gasteiger partial charge in [-0.05, 0) is 37.1 Å². The maximum atomic E-state index is 13.8. The van der Waals surface area contributed by atoms with Gasteiger partial charge in [0.1, 0.15) is 23.1 Å². The van der Waals surface area contributed by atoms with Gasteiger partial charge in [-0.25, -0.2) is 9.37 Å². The number of amides is 1. The van der Waals surface area contributed by atoms with Crippen molar-refractivity contribution in [2.24, 2.45) is 12.0 Å². The van der Waals surface area contributed by atoms with Gasteiger partial charge in [0.15, 0.2) is 11.2 Å². The van der Waals surface area contributed by atoms with E-state index in [1.807, 2.05) is 44.2 Å². The molecule has 2 aliphatic rings. The molecular formula is C27H28ClFN4O4. The molecule has 1 fully saturated rings. The van der Waals surface area contributed by atoms with E-state index in [4.69, 9.17) is 26.1 Å². The topological polar surface area (TPSA) is 89.2 Å². The minimum Gasteiger partial charge on any atom is -0.366 e. The van der Waals surface area contributed by atoms with Crippen LogP contribution in [0.3, 0.4) is 0 Å². The average molecular weight is 527 g/mol. The molecule has 2 unspecified atom stereocenters. The number of halogens is 2. The quantitative estimate of drug-likeness (QED) is 0.494. The summed E-state index contributed by atoms with van der Waals surface area (Å²) in [6.07, 6.45) is 0.365. The third-order valence-corrected chi connectivity index (χ3v) is 7.08. The fourth-order valence-electron chi connectivity index (χ4n) is 4.72. The summed E-state index contributed by atoms with van der Waals surface area (Å²) in [6, 6.07) is 14.1. The van der Waals surface area contributed by atoms with Gasteiger partial charge in [0.05, 0.1) is 25.5 Å². The SMILES string of the molecule is Cn1c(C2N=C3N(CCOC3(C)C)C(=O)C2(O)OCc2ccccc2)nc(Cl)c1Cc1ccc(F)cc1. The number of ether oxygens (including phenoxy) is 2. The summed E-state index contributed by atoms with van der Waals surface area (Å²) in [5.41, 5.74) is 1.38. The first-order valence-electron chi connectivity index (χ1n) is 12.0. The molecule has 1 N–H and O–H groups in total. The molecule has 0 radical (unpaired) electrons. The number of hydrogen-bond donors (Lipinski definition) is 1. The maximum Gasteiger partial charge on any atom is 0.291 e. The predicted molar refractivity (Wildman–Crippen MR) is 136 cm³/mol. The van der Waals surface area contributed by atoms with Crippen LogP contribution in [-0.4, -0.2) is 55.8 Å². The van der Waals surface area contributed by atoms with Crippen LogP contribution < -0.4 is 0 Å². The van der Waals surface area contributed by atoms with Crippen LogP contribution in [0.1, 0.15) is 42.5 Å². The van der Waals surface area contributed by atoms with Gasteiger partial charge in [0, 0.05) is 13.5 Å². The van der Waals surface area contributed by atoms with E-state index in [1.54, 1.807) is 23.7 Å². The first-order valence-corrected chi connectivity index (χ1v) is 12.4. The zero-order valence-corrected chi connectivity index (χ0v) is 21.6. The molecule has 10 heteroatoms. The number of hydrogen-bond acceptors (Lipinski definition) is 6. The highest BCUT2D eigenvalue weighted by Gasteiger charge is 2.57. The molecule has 1 saturated heterocycles. The normalized spacial score (nSPS) is 23.1. The summed E-state index contributed by atoms with van der Waals surface area (Å²) in [4.78, 5) is 24.6. The number of imidazole rings is 1. The number of benzene rings is 2. The fourth-order valence-corrected chi connectivity index (χ4v) is 5.00. The fraction of sp³-hybridized carbons (Fsp3) is 0.370. The molecular weight excluding hydrogens is 499 g/mol. The number of morpholine rings is 1. The van der Waals surface area contributed by atoms with Crippen molar-refractivity contribution in [1.82, 2.24) is 14.5 Å². The zero-order chi connectivity index (χ0) is 26.4. The molecule has 2 aromatic carbocycles. The molecule has 1 aromatic heterocycles. The van der Waals surface area contributed by atoms with Crippen molar-refractivity contribution >= 4 is 23.3 Å². The van der Waals surface area contributed by atoms with Crippen LogP contribution in [0.5, 0.6) is 0 Å². The van der Waals surface area contributed by atoms with Crippen LogP contribution in [-0.2, 0) is 34.3 Å². The summed E-state index contributed by atoms with van der Waals surface area (Å²) in [5, 5.41) is 12.1. The number of fused-ring (bicyclic) bond motifs is 1. The van der Waals surface area contributed by atoms with Gasteiger partial charge < -0.3 is 19.1 Å². The first kappa shape index (κ1) is 25.5. The second-order valence-electron chi connectivity index (χ2n) is 9.71. The van der Waals surface area contributed by atoms with E-state index in [0.717, 1.165) is 11.1 Å². The molecule has 194 valence electrons. The van der Waals surface area contributed by atoms with Crippen LogP contribution in [0.25, 0.3) is 0 Å². The summed E-state index contributed by atoms with van der Waals surface area (Å²) in [7, 11) is 1.74. The maximum absolute atomic E-state index is 13.8. The van der Waals surface area contributed by atoms with Crippen molar-refractivity contribution in [3.63, 3.8) is 0 Å². The van der Waals surface area contributed by atoms with E-state index in [9.17, 15) is 14.3 Å². The molecule has 8 nitrogen and oxygen atoms in total. The zero-order valence-electron chi connectivity index (χ0n) is 20.8. The number of nitrogens with zero attached hydrogens (tertiary/aromatic N) is 4. The summed E-state index contributed by atoms with van der Waals surface area (Å²) in [6.45, 7) is 4.17. The minimum absolute atomic E-state index is 0.0151. The molecule has 37 heavy (non-hydrogen) atoms. The lowest BCUT2D eigenvalue weighted by Crippen LogP contribution is -2.66. The lowest BCUT2D eigenvalue weighted by molar-refractivity contribution is -0.234. The van der Waals surface area contributed by atoms with Gasteiger partial charge in [-0.3, -0.25) is 14.7 Å². The van der Waals surface area contributed by atoms with Gasteiger partial charge in [-0.1, -0.05) is 54.1 Å². The van der Waals surface area contributed by atoms with Gasteiger partial charge in [0.2, 0.25) is 0 Å². The second kappa shape index (κ2) is 9.64. The molecule has 1 amide bonds. The Kier molecular flexibility index (Phi) is 6.66. The Labute approximate surface area is 219 Å². The van der Waals surface area contributed by atoms with E-state index >= 15 is 0 Å². The Morgan fingerprint density at radius 1 is 1.16 bits per heavy atom. The van der Waals surface area contributed by atoms with Crippen molar-refractivity contribution in [3.8, 4) is 0 Å². The number of aromatic nitrogens is 2. The highest BCUT2D eigenvalue weighted by Crippen LogP contribution is 2.41. The number of aliphatic hydroxyl groups is 1. The van der Waals surface area contributed by atoms with E-state index in [2.05, 4.69) is 4.98 Å². The Balaban J connectivity index is 1.58. The molecule has 0 saturated carbocycles. The Hall–Kier alpha value is -3.11. The summed E-state index contributed by atoms with van der Waals surface area (Å²) in [5.74, 6) is -2.64. The highest BCUT2D eigenvalue weighted by molar-refractivity contribution is 6.30. The predicted octanol–water partition coefficient (Wildman–Crippen LogP) is 3.80. The van der Waals surface area contributed by atoms with Crippen LogP contribution in [0, 0.1) is 5.82 Å². The van der Waals surface area contributed by atoms with Crippen molar-refractivity contribution in [2.45, 2.75) is 44.3 Å². The van der Waals surface area contributed by atoms with E-state index in [1.165, 1.54) is 17.0 Å². The number of carbonyl (C=O) groups is 1. The van der Waals surface area contributed by atoms with Gasteiger partial charge in [-0.2, -0.15) is 0 Å². The Bertz CT molecular complexity index is 1340. The van der Waals surface area contributed by atoms with Crippen LogP contribution in [0.15, 0.2) is 59.6 Å². The van der Waals surface area contributed by atoms with Crippen molar-refractivity contribution in [2.75, 3.05) is 13.2 Å². The lowest BCUT2D eigenvalue weighted by Gasteiger charge is -2.47. The Morgan fingerprint density at radius 3 is 2.57 bits per heavy atom. The lowest BCUT2D eigenvalue weighted by atomic mass is 9.96. The standard InChI is InChI=1S/C27H28ClFN4O4/c1-26(2)24-30-21(23-31-22(28)20(32(23)3)15-17-9-11-19(29)12-10-17)27(35,25(34)33(24)13-14-36-26)37-16-18-7-5-4-6-8-18/h4-12,21,35H,13-16H2,1-3H3. The van der Waals surface area contributed by atoms with E-state index in [-0.39, 0.29) is 29.9 Å². The summed E-state index contributed by atoms with van der Waals surface area (Å²) >= 11 is 6.55. The molecule has 3 heterocycles. The van der Waals surface area contributed by atoms with Crippen molar-refractivity contribution in [3.05, 3.63) is 88.2 Å². The van der Waals surface area contributed by atoms with Gasteiger partial charge in [-0.15, -0.1) is 0 Å². The third kappa shape index (κ3) is 4.68. The number of amidine groups is 1. The third-order valence-electron chi connectivity index (χ3n) is 6.78. The molecule has 0 aliphatic carbocycles. The summed E-state index contributed by atoms with van der Waals surface area (Å²) < 4.78 is 27.0. The Morgan fingerprint density at radius 2 is 1.86 bits per heavy atom. The molecule has 0 bridgehead atoms. The second-order valence-corrected chi connectivity index (χ2v) is 10.1. The van der Waals surface area contributed by atoms with Gasteiger partial charge in [0.25, 0.3) is 11.7 Å². The number of carbonyl (C=O) groups excluding carboxylic acids is 1. The largest absolute Gasteiger partial charge is 0.366 e. The molecule has 2 atom stereocenters. The van der Waals surface area contributed by atoms with Crippen molar-refractivity contribution < 1.29 is 23.8 Å². The monoisotopic (exact) mass is 526 g/mol. The number of rotatable bonds is 6. The molecule has 0 spiro atoms. The van der Waals surface area contributed by atoms with Gasteiger partial charge >= 0.3 is 0 Å². The smallest absolute Gasteiger partial charge is 0.291 e. The number of aliphatic imine (C=N–C) groups is 1.